The molecule has 0 atom stereocenters. The van der Waals surface area contributed by atoms with Crippen molar-refractivity contribution in [2.45, 2.75) is 33.2 Å². The van der Waals surface area contributed by atoms with Gasteiger partial charge in [0.25, 0.3) is 0 Å². The van der Waals surface area contributed by atoms with Crippen molar-refractivity contribution in [2.24, 2.45) is 10.1 Å². The van der Waals surface area contributed by atoms with Crippen molar-refractivity contribution in [3.8, 4) is 22.1 Å². The lowest BCUT2D eigenvalue weighted by atomic mass is 10.2. The smallest absolute Gasteiger partial charge is 0.206 e. The van der Waals surface area contributed by atoms with Crippen LogP contribution < -0.4 is 9.54 Å². The van der Waals surface area contributed by atoms with Crippen molar-refractivity contribution in [1.82, 2.24) is 4.68 Å². The number of thiophene rings is 1. The fourth-order valence-electron chi connectivity index (χ4n) is 2.38. The van der Waals surface area contributed by atoms with Crippen molar-refractivity contribution < 1.29 is 9.84 Å². The molecule has 2 aromatic heterocycles. The van der Waals surface area contributed by atoms with Crippen LogP contribution in [-0.4, -0.2) is 28.6 Å². The molecule has 0 fully saturated rings. The molecule has 5 nitrogen and oxygen atoms in total. The van der Waals surface area contributed by atoms with Gasteiger partial charge in [0.15, 0.2) is 0 Å². The van der Waals surface area contributed by atoms with Crippen LogP contribution in [0.5, 0.6) is 11.5 Å². The third-order valence-corrected chi connectivity index (χ3v) is 5.34. The fourth-order valence-corrected chi connectivity index (χ4v) is 4.14. The number of aromatic hydroxyl groups is 1. The van der Waals surface area contributed by atoms with E-state index < -0.39 is 0 Å². The highest BCUT2D eigenvalue weighted by atomic mass is 32.1. The molecule has 2 heterocycles. The van der Waals surface area contributed by atoms with Gasteiger partial charge in [-0.1, -0.05) is 13.0 Å². The fraction of sp³-hybridized carbons (Fsp3) is 0.300. The average molecular weight is 402 g/mol. The third-order valence-electron chi connectivity index (χ3n) is 3.61. The highest BCUT2D eigenvalue weighted by Crippen LogP contribution is 2.26. The summed E-state index contributed by atoms with van der Waals surface area (Å²) in [6.07, 6.45) is 2.58. The molecule has 27 heavy (non-hydrogen) atoms. The molecule has 142 valence electrons. The molecule has 0 spiro atoms. The summed E-state index contributed by atoms with van der Waals surface area (Å²) in [4.78, 5) is 6.61. The minimum absolute atomic E-state index is 0.142. The van der Waals surface area contributed by atoms with Gasteiger partial charge in [-0.25, -0.2) is 4.68 Å². The van der Waals surface area contributed by atoms with E-state index in [1.165, 1.54) is 0 Å². The van der Waals surface area contributed by atoms with Crippen molar-refractivity contribution in [3.05, 3.63) is 51.5 Å². The zero-order valence-corrected chi connectivity index (χ0v) is 17.3. The van der Waals surface area contributed by atoms with Crippen LogP contribution in [0.2, 0.25) is 0 Å². The highest BCUT2D eigenvalue weighted by molar-refractivity contribution is 7.14. The first kappa shape index (κ1) is 19.4. The molecular weight excluding hydrogens is 378 g/mol. The summed E-state index contributed by atoms with van der Waals surface area (Å²) in [6, 6.07) is 9.52. The molecule has 1 aromatic carbocycles. The molecule has 0 aliphatic rings. The van der Waals surface area contributed by atoms with Gasteiger partial charge < -0.3 is 9.84 Å². The first-order valence-corrected chi connectivity index (χ1v) is 10.6. The number of aromatic nitrogens is 1. The summed E-state index contributed by atoms with van der Waals surface area (Å²) in [5.74, 6) is 0.799. The number of phenolic OH excluding ortho intramolecular Hbond substituents is 1. The quantitative estimate of drug-likeness (QED) is 0.569. The molecule has 0 aliphatic carbocycles. The molecule has 3 aromatic rings. The summed E-state index contributed by atoms with van der Waals surface area (Å²) >= 11 is 3.22. The Balaban J connectivity index is 1.96. The van der Waals surface area contributed by atoms with Gasteiger partial charge in [0.05, 0.1) is 23.4 Å². The van der Waals surface area contributed by atoms with Crippen molar-refractivity contribution in [3.63, 3.8) is 0 Å². The number of nitrogens with zero attached hydrogens (tertiary/aromatic N) is 3. The predicted molar refractivity (Wildman–Crippen MR) is 113 cm³/mol. The monoisotopic (exact) mass is 401 g/mol. The lowest BCUT2D eigenvalue weighted by Crippen LogP contribution is -2.14. The first-order chi connectivity index (χ1) is 13.1. The number of phenols is 1. The van der Waals surface area contributed by atoms with Crippen molar-refractivity contribution >= 4 is 28.9 Å². The molecule has 0 saturated heterocycles. The molecule has 0 bridgehead atoms. The second kappa shape index (κ2) is 9.01. The maximum absolute atomic E-state index is 10.3. The highest BCUT2D eigenvalue weighted by Gasteiger charge is 2.09. The Labute approximate surface area is 166 Å². The lowest BCUT2D eigenvalue weighted by molar-refractivity contribution is 0.315. The van der Waals surface area contributed by atoms with Crippen LogP contribution >= 0.6 is 22.7 Å². The Morgan fingerprint density at radius 2 is 2.11 bits per heavy atom. The largest absolute Gasteiger partial charge is 0.507 e. The minimum atomic E-state index is 0.142. The standard InChI is InChI=1S/C20H23N3O2S2/c1-4-9-25-16-8-7-15(18(24)11-16)12-21-23-17(19-6-5-10-26-19)13-27-20(23)22-14(2)3/h5-8,10-14,24H,4,9H2,1-3H3. The molecule has 3 rings (SSSR count). The van der Waals surface area contributed by atoms with Crippen LogP contribution in [0.4, 0.5) is 0 Å². The van der Waals surface area contributed by atoms with Gasteiger partial charge >= 0.3 is 0 Å². The van der Waals surface area contributed by atoms with Crippen molar-refractivity contribution in [1.29, 1.82) is 0 Å². The van der Waals surface area contributed by atoms with Crippen LogP contribution in [-0.2, 0) is 0 Å². The Bertz CT molecular complexity index is 970. The van der Waals surface area contributed by atoms with Gasteiger partial charge in [-0.2, -0.15) is 5.10 Å². The van der Waals surface area contributed by atoms with Crippen LogP contribution in [0.3, 0.4) is 0 Å². The summed E-state index contributed by atoms with van der Waals surface area (Å²) in [5, 5.41) is 19.0. The predicted octanol–water partition coefficient (Wildman–Crippen LogP) is 4.96. The Morgan fingerprint density at radius 3 is 2.78 bits per heavy atom. The van der Waals surface area contributed by atoms with E-state index in [0.29, 0.717) is 17.9 Å². The zero-order chi connectivity index (χ0) is 19.2. The Kier molecular flexibility index (Phi) is 6.47. The second-order valence-corrected chi connectivity index (χ2v) is 8.01. The van der Waals surface area contributed by atoms with E-state index in [1.807, 2.05) is 43.0 Å². The van der Waals surface area contributed by atoms with E-state index in [9.17, 15) is 5.11 Å². The number of hydrogen-bond acceptors (Lipinski definition) is 6. The Hall–Kier alpha value is -2.38. The summed E-state index contributed by atoms with van der Waals surface area (Å²) in [6.45, 7) is 6.75. The van der Waals surface area contributed by atoms with Crippen LogP contribution in [0.1, 0.15) is 32.8 Å². The molecule has 0 aliphatic heterocycles. The number of ether oxygens (including phenoxy) is 1. The van der Waals surface area contributed by atoms with Crippen LogP contribution in [0.15, 0.2) is 51.2 Å². The number of benzene rings is 1. The number of rotatable bonds is 7. The van der Waals surface area contributed by atoms with Crippen LogP contribution in [0, 0.1) is 0 Å². The van der Waals surface area contributed by atoms with Crippen molar-refractivity contribution in [2.75, 3.05) is 6.61 Å². The zero-order valence-electron chi connectivity index (χ0n) is 15.6. The maximum Gasteiger partial charge on any atom is 0.206 e. The van der Waals surface area contributed by atoms with E-state index in [1.54, 1.807) is 41.0 Å². The van der Waals surface area contributed by atoms with E-state index in [0.717, 1.165) is 21.8 Å². The number of thiazole rings is 1. The normalized spacial score (nSPS) is 12.4. The summed E-state index contributed by atoms with van der Waals surface area (Å²) < 4.78 is 7.38. The van der Waals surface area contributed by atoms with E-state index in [4.69, 9.17) is 4.74 Å². The second-order valence-electron chi connectivity index (χ2n) is 6.23. The summed E-state index contributed by atoms with van der Waals surface area (Å²) in [7, 11) is 0. The molecule has 7 heteroatoms. The summed E-state index contributed by atoms with van der Waals surface area (Å²) in [5.41, 5.74) is 1.62. The van der Waals surface area contributed by atoms with E-state index in [-0.39, 0.29) is 11.8 Å². The van der Waals surface area contributed by atoms with Gasteiger partial charge in [0.2, 0.25) is 4.80 Å². The number of hydrogen-bond donors (Lipinski definition) is 1. The topological polar surface area (TPSA) is 59.1 Å². The molecule has 1 N–H and O–H groups in total. The minimum Gasteiger partial charge on any atom is -0.507 e. The SMILES string of the molecule is CCCOc1ccc(C=Nn2c(-c3cccs3)csc2=NC(C)C)c(O)c1. The average Bonchev–Trinajstić information content (AvgIpc) is 3.28. The lowest BCUT2D eigenvalue weighted by Gasteiger charge is -2.06. The third kappa shape index (κ3) is 4.87. The first-order valence-electron chi connectivity index (χ1n) is 8.87. The molecule has 0 unspecified atom stereocenters. The molecule has 0 saturated carbocycles. The van der Waals surface area contributed by atoms with Gasteiger partial charge in [0, 0.05) is 23.1 Å². The van der Waals surface area contributed by atoms with Gasteiger partial charge in [-0.3, -0.25) is 4.99 Å². The van der Waals surface area contributed by atoms with E-state index in [2.05, 4.69) is 21.5 Å². The van der Waals surface area contributed by atoms with Crippen LogP contribution in [0.25, 0.3) is 10.6 Å². The molecule has 0 radical (unpaired) electrons. The van der Waals surface area contributed by atoms with Gasteiger partial charge in [-0.15, -0.1) is 22.7 Å². The Morgan fingerprint density at radius 1 is 1.26 bits per heavy atom. The van der Waals surface area contributed by atoms with E-state index >= 15 is 0 Å². The molecule has 0 amide bonds. The maximum atomic E-state index is 10.3. The van der Waals surface area contributed by atoms with Gasteiger partial charge in [-0.05, 0) is 43.8 Å². The van der Waals surface area contributed by atoms with Gasteiger partial charge in [0.1, 0.15) is 11.5 Å². The molecular formula is C20H23N3O2S2.